The van der Waals surface area contributed by atoms with Crippen molar-refractivity contribution in [2.24, 2.45) is 0 Å². The predicted molar refractivity (Wildman–Crippen MR) is 105 cm³/mol. The maximum absolute atomic E-state index is 12.3. The zero-order valence-corrected chi connectivity index (χ0v) is 16.7. The molecule has 0 saturated heterocycles. The van der Waals surface area contributed by atoms with Gasteiger partial charge in [-0.2, -0.15) is 0 Å². The molecule has 0 spiro atoms. The number of nitrogens with zero attached hydrogens (tertiary/aromatic N) is 1. The summed E-state index contributed by atoms with van der Waals surface area (Å²) >= 11 is 0. The van der Waals surface area contributed by atoms with Crippen LogP contribution in [-0.4, -0.2) is 50.0 Å². The number of hydrogen-bond acceptors (Lipinski definition) is 4. The minimum atomic E-state index is -3.53. The predicted octanol–water partition coefficient (Wildman–Crippen LogP) is 2.05. The number of rotatable bonds is 8. The smallest absolute Gasteiger partial charge is 0.251 e. The van der Waals surface area contributed by atoms with Gasteiger partial charge in [-0.1, -0.05) is 30.3 Å². The first kappa shape index (κ1) is 21.1. The molecule has 0 saturated carbocycles. The van der Waals surface area contributed by atoms with Crippen LogP contribution in [0.25, 0.3) is 0 Å². The minimum absolute atomic E-state index is 0.108. The highest BCUT2D eigenvalue weighted by molar-refractivity contribution is 7.89. The van der Waals surface area contributed by atoms with E-state index in [0.717, 1.165) is 9.87 Å². The van der Waals surface area contributed by atoms with Gasteiger partial charge in [-0.05, 0) is 49.6 Å². The maximum atomic E-state index is 12.3. The molecule has 2 aromatic rings. The Balaban J connectivity index is 1.92. The number of sulfonamides is 1. The van der Waals surface area contributed by atoms with Crippen LogP contribution in [0.15, 0.2) is 59.5 Å². The van der Waals surface area contributed by atoms with Gasteiger partial charge < -0.3 is 10.4 Å². The van der Waals surface area contributed by atoms with Gasteiger partial charge in [0.05, 0.1) is 10.5 Å². The van der Waals surface area contributed by atoms with Crippen molar-refractivity contribution in [3.63, 3.8) is 0 Å². The molecule has 2 aromatic carbocycles. The van der Waals surface area contributed by atoms with Gasteiger partial charge in [0.15, 0.2) is 0 Å². The van der Waals surface area contributed by atoms with Crippen molar-refractivity contribution in [3.8, 4) is 0 Å². The number of aryl methyl sites for hydroxylation is 1. The second-order valence-corrected chi connectivity index (χ2v) is 9.13. The fraction of sp³-hybridized carbons (Fsp3) is 0.350. The number of hydrogen-bond donors (Lipinski definition) is 2. The zero-order chi connectivity index (χ0) is 20.1. The Labute approximate surface area is 160 Å². The lowest BCUT2D eigenvalue weighted by atomic mass is 9.96. The number of amides is 1. The van der Waals surface area contributed by atoms with E-state index in [-0.39, 0.29) is 17.3 Å². The number of benzene rings is 2. The third kappa shape index (κ3) is 5.89. The zero-order valence-electron chi connectivity index (χ0n) is 15.8. The fourth-order valence-corrected chi connectivity index (χ4v) is 3.41. The number of aliphatic hydroxyl groups is 1. The summed E-state index contributed by atoms with van der Waals surface area (Å²) in [5.41, 5.74) is 0.424. The number of carbonyl (C=O) groups excluding carboxylic acids is 1. The van der Waals surface area contributed by atoms with Crippen LogP contribution in [0.4, 0.5) is 0 Å². The summed E-state index contributed by atoms with van der Waals surface area (Å²) in [7, 11) is -0.623. The quantitative estimate of drug-likeness (QED) is 0.722. The van der Waals surface area contributed by atoms with E-state index < -0.39 is 15.6 Å². The molecular formula is C20H26N2O4S. The molecule has 0 unspecified atom stereocenters. The van der Waals surface area contributed by atoms with E-state index in [1.807, 2.05) is 30.3 Å². The molecule has 1 atom stereocenters. The van der Waals surface area contributed by atoms with Gasteiger partial charge >= 0.3 is 0 Å². The second kappa shape index (κ2) is 8.65. The molecule has 1 amide bonds. The van der Waals surface area contributed by atoms with Crippen LogP contribution in [0.2, 0.25) is 0 Å². The van der Waals surface area contributed by atoms with Crippen LogP contribution in [-0.2, 0) is 16.4 Å². The van der Waals surface area contributed by atoms with Gasteiger partial charge in [-0.3, -0.25) is 4.79 Å². The fourth-order valence-electron chi connectivity index (χ4n) is 2.51. The highest BCUT2D eigenvalue weighted by Crippen LogP contribution is 2.15. The maximum Gasteiger partial charge on any atom is 0.251 e. The van der Waals surface area contributed by atoms with Crippen LogP contribution in [0.5, 0.6) is 0 Å². The molecule has 0 radical (unpaired) electrons. The Morgan fingerprint density at radius 2 is 1.67 bits per heavy atom. The van der Waals surface area contributed by atoms with Gasteiger partial charge in [0.1, 0.15) is 0 Å². The molecule has 0 heterocycles. The summed E-state index contributed by atoms with van der Waals surface area (Å²) in [5, 5.41) is 13.2. The van der Waals surface area contributed by atoms with Gasteiger partial charge in [0.25, 0.3) is 5.91 Å². The van der Waals surface area contributed by atoms with E-state index >= 15 is 0 Å². The molecule has 6 nitrogen and oxygen atoms in total. The molecule has 2 N–H and O–H groups in total. The number of nitrogens with one attached hydrogen (secondary N) is 1. The number of carbonyl (C=O) groups is 1. The van der Waals surface area contributed by atoms with Crippen molar-refractivity contribution in [1.29, 1.82) is 0 Å². The Kier molecular flexibility index (Phi) is 6.75. The van der Waals surface area contributed by atoms with E-state index in [1.54, 1.807) is 6.92 Å². The summed E-state index contributed by atoms with van der Waals surface area (Å²) in [6.07, 6.45) is 1.22. The average Bonchev–Trinajstić information content (AvgIpc) is 2.65. The van der Waals surface area contributed by atoms with Crippen LogP contribution in [0.3, 0.4) is 0 Å². The van der Waals surface area contributed by atoms with E-state index in [1.165, 1.54) is 38.4 Å². The first-order valence-corrected chi connectivity index (χ1v) is 10.1. The lowest BCUT2D eigenvalue weighted by Gasteiger charge is -2.23. The Morgan fingerprint density at radius 3 is 2.22 bits per heavy atom. The van der Waals surface area contributed by atoms with Crippen LogP contribution in [0, 0.1) is 0 Å². The highest BCUT2D eigenvalue weighted by atomic mass is 32.2. The Bertz CT molecular complexity index is 861. The molecule has 0 fully saturated rings. The van der Waals surface area contributed by atoms with Crippen LogP contribution >= 0.6 is 0 Å². The SMILES string of the molecule is CN(C)S(=O)(=O)c1ccc(C(=O)NC[C@@](C)(O)CCc2ccccc2)cc1. The summed E-state index contributed by atoms with van der Waals surface area (Å²) in [6.45, 7) is 1.79. The van der Waals surface area contributed by atoms with Crippen molar-refractivity contribution < 1.29 is 18.3 Å². The molecule has 0 aliphatic heterocycles. The second-order valence-electron chi connectivity index (χ2n) is 6.98. The van der Waals surface area contributed by atoms with Crippen molar-refractivity contribution in [2.75, 3.05) is 20.6 Å². The van der Waals surface area contributed by atoms with Crippen molar-refractivity contribution in [1.82, 2.24) is 9.62 Å². The molecular weight excluding hydrogens is 364 g/mol. The molecule has 0 aliphatic carbocycles. The van der Waals surface area contributed by atoms with Gasteiger partial charge in [-0.25, -0.2) is 12.7 Å². The van der Waals surface area contributed by atoms with Gasteiger partial charge in [-0.15, -0.1) is 0 Å². The largest absolute Gasteiger partial charge is 0.388 e. The molecule has 27 heavy (non-hydrogen) atoms. The van der Waals surface area contributed by atoms with E-state index in [4.69, 9.17) is 0 Å². The lowest BCUT2D eigenvalue weighted by Crippen LogP contribution is -2.41. The Hall–Kier alpha value is -2.22. The summed E-state index contributed by atoms with van der Waals surface area (Å²) in [5.74, 6) is -0.358. The van der Waals surface area contributed by atoms with Crippen molar-refractivity contribution >= 4 is 15.9 Å². The minimum Gasteiger partial charge on any atom is -0.388 e. The average molecular weight is 391 g/mol. The van der Waals surface area contributed by atoms with Crippen molar-refractivity contribution in [3.05, 3.63) is 65.7 Å². The standard InChI is InChI=1S/C20H26N2O4S/c1-20(24,14-13-16-7-5-4-6-8-16)15-21-19(23)17-9-11-18(12-10-17)27(25,26)22(2)3/h4-12,24H,13-15H2,1-3H3,(H,21,23)/t20-/m0/s1. The van der Waals surface area contributed by atoms with E-state index in [2.05, 4.69) is 5.32 Å². The van der Waals surface area contributed by atoms with Crippen molar-refractivity contribution in [2.45, 2.75) is 30.3 Å². The monoisotopic (exact) mass is 390 g/mol. The van der Waals surface area contributed by atoms with E-state index in [0.29, 0.717) is 18.4 Å². The summed E-state index contributed by atoms with van der Waals surface area (Å²) < 4.78 is 25.2. The molecule has 0 bridgehead atoms. The molecule has 7 heteroatoms. The molecule has 2 rings (SSSR count). The molecule has 146 valence electrons. The first-order valence-electron chi connectivity index (χ1n) is 8.69. The molecule has 0 aliphatic rings. The topological polar surface area (TPSA) is 86.7 Å². The van der Waals surface area contributed by atoms with Gasteiger partial charge in [0.2, 0.25) is 10.0 Å². The van der Waals surface area contributed by atoms with Crippen LogP contribution < -0.4 is 5.32 Å². The third-order valence-corrected chi connectivity index (χ3v) is 6.15. The Morgan fingerprint density at radius 1 is 1.07 bits per heavy atom. The third-order valence-electron chi connectivity index (χ3n) is 4.32. The highest BCUT2D eigenvalue weighted by Gasteiger charge is 2.22. The first-order chi connectivity index (χ1) is 12.6. The van der Waals surface area contributed by atoms with Crippen LogP contribution in [0.1, 0.15) is 29.3 Å². The lowest BCUT2D eigenvalue weighted by molar-refractivity contribution is 0.0478. The normalized spacial score (nSPS) is 14.0. The van der Waals surface area contributed by atoms with Gasteiger partial charge in [0, 0.05) is 26.2 Å². The molecule has 0 aromatic heterocycles. The summed E-state index contributed by atoms with van der Waals surface area (Å²) in [4.78, 5) is 12.4. The van der Waals surface area contributed by atoms with E-state index in [9.17, 15) is 18.3 Å². The summed E-state index contributed by atoms with van der Waals surface area (Å²) in [6, 6.07) is 15.6.